The fourth-order valence-corrected chi connectivity index (χ4v) is 2.21. The Balaban J connectivity index is 0.00000162. The Kier molecular flexibility index (Phi) is 4.72. The maximum atomic E-state index is 9.98. The molecule has 1 aliphatic rings. The molecule has 0 unspecified atom stereocenters. The van der Waals surface area contributed by atoms with Gasteiger partial charge in [0.15, 0.2) is 11.5 Å². The molecule has 1 aromatic carbocycles. The van der Waals surface area contributed by atoms with Crippen LogP contribution in [0.25, 0.3) is 0 Å². The lowest BCUT2D eigenvalue weighted by atomic mass is 10.0. The average molecular weight is 365 g/mol. The maximum absolute atomic E-state index is 9.98. The molecule has 0 bridgehead atoms. The van der Waals surface area contributed by atoms with Crippen molar-refractivity contribution in [1.82, 2.24) is 0 Å². The average Bonchev–Trinajstić information content (AvgIpc) is 2.69. The lowest BCUT2D eigenvalue weighted by Gasteiger charge is -2.25. The summed E-state index contributed by atoms with van der Waals surface area (Å²) in [5.74, 6) is 1.23. The van der Waals surface area contributed by atoms with Crippen LogP contribution in [0.4, 0.5) is 0 Å². The first-order chi connectivity index (χ1) is 7.92. The highest BCUT2D eigenvalue weighted by atomic mass is 127. The minimum absolute atomic E-state index is 0. The number of benzene rings is 1. The van der Waals surface area contributed by atoms with Crippen LogP contribution in [0.3, 0.4) is 0 Å². The number of methoxy groups -OCH3 is 1. The molecule has 1 aliphatic heterocycles. The van der Waals surface area contributed by atoms with Gasteiger partial charge in [0, 0.05) is 17.5 Å². The van der Waals surface area contributed by atoms with Crippen LogP contribution in [0.5, 0.6) is 17.2 Å². The Morgan fingerprint density at radius 3 is 2.61 bits per heavy atom. The number of fused-ring (bicyclic) bond motifs is 1. The van der Waals surface area contributed by atoms with E-state index in [1.54, 1.807) is 7.11 Å². The van der Waals surface area contributed by atoms with Gasteiger partial charge in [0.25, 0.3) is 0 Å². The highest BCUT2D eigenvalue weighted by molar-refractivity contribution is 5.59. The van der Waals surface area contributed by atoms with E-state index in [9.17, 15) is 5.11 Å². The van der Waals surface area contributed by atoms with Crippen LogP contribution in [-0.4, -0.2) is 44.4 Å². The first-order valence-corrected chi connectivity index (χ1v) is 5.77. The molecule has 0 aromatic heterocycles. The fourth-order valence-electron chi connectivity index (χ4n) is 2.21. The monoisotopic (exact) mass is 365 g/mol. The van der Waals surface area contributed by atoms with E-state index in [0.717, 1.165) is 23.0 Å². The summed E-state index contributed by atoms with van der Waals surface area (Å²) in [4.78, 5) is 0. The molecule has 1 aromatic rings. The molecule has 4 nitrogen and oxygen atoms in total. The second-order valence-corrected chi connectivity index (χ2v) is 5.44. The van der Waals surface area contributed by atoms with Gasteiger partial charge in [-0.2, -0.15) is 0 Å². The maximum Gasteiger partial charge on any atom is 0.201 e. The third kappa shape index (κ3) is 3.00. The molecular weight excluding hydrogens is 345 g/mol. The smallest absolute Gasteiger partial charge is 0.201 e. The Hall–Kier alpha value is -0.690. The molecular formula is C13H20INO3. The lowest BCUT2D eigenvalue weighted by Crippen LogP contribution is -3.00. The zero-order valence-corrected chi connectivity index (χ0v) is 13.4. The molecule has 0 spiro atoms. The minimum atomic E-state index is 0. The number of halogens is 1. The number of aromatic hydroxyl groups is 1. The zero-order chi connectivity index (χ0) is 12.6. The Labute approximate surface area is 125 Å². The summed E-state index contributed by atoms with van der Waals surface area (Å²) in [6.07, 6.45) is 0.863. The third-order valence-electron chi connectivity index (χ3n) is 2.88. The number of ether oxygens (including phenoxy) is 2. The summed E-state index contributed by atoms with van der Waals surface area (Å²) < 4.78 is 11.5. The normalized spacial score (nSPS) is 13.6. The van der Waals surface area contributed by atoms with Crippen LogP contribution in [-0.2, 0) is 13.0 Å². The Morgan fingerprint density at radius 2 is 2.06 bits per heavy atom. The largest absolute Gasteiger partial charge is 1.00 e. The van der Waals surface area contributed by atoms with Crippen LogP contribution in [0.1, 0.15) is 11.1 Å². The summed E-state index contributed by atoms with van der Waals surface area (Å²) in [7, 11) is 7.98. The van der Waals surface area contributed by atoms with Gasteiger partial charge in [-0.25, -0.2) is 0 Å². The predicted molar refractivity (Wildman–Crippen MR) is 65.6 cm³/mol. The van der Waals surface area contributed by atoms with Gasteiger partial charge in [0.1, 0.15) is 6.54 Å². The molecule has 0 radical (unpaired) electrons. The van der Waals surface area contributed by atoms with Crippen molar-refractivity contribution in [2.75, 3.05) is 34.9 Å². The van der Waals surface area contributed by atoms with E-state index in [0.29, 0.717) is 18.1 Å². The molecule has 18 heavy (non-hydrogen) atoms. The van der Waals surface area contributed by atoms with Crippen LogP contribution >= 0.6 is 0 Å². The summed E-state index contributed by atoms with van der Waals surface area (Å²) in [5, 5.41) is 9.98. The summed E-state index contributed by atoms with van der Waals surface area (Å²) in [6.45, 7) is 1.53. The zero-order valence-electron chi connectivity index (χ0n) is 11.3. The second kappa shape index (κ2) is 5.52. The number of quaternary nitrogens is 1. The van der Waals surface area contributed by atoms with Crippen molar-refractivity contribution in [1.29, 1.82) is 0 Å². The van der Waals surface area contributed by atoms with E-state index in [2.05, 4.69) is 21.1 Å². The molecule has 1 N–H and O–H groups in total. The van der Waals surface area contributed by atoms with Crippen LogP contribution < -0.4 is 33.5 Å². The molecule has 0 atom stereocenters. The number of nitrogens with zero attached hydrogens (tertiary/aromatic N) is 1. The summed E-state index contributed by atoms with van der Waals surface area (Å²) in [5.41, 5.74) is 2.32. The molecule has 5 heteroatoms. The van der Waals surface area contributed by atoms with E-state index in [1.165, 1.54) is 5.56 Å². The van der Waals surface area contributed by atoms with Gasteiger partial charge in [-0.05, 0) is 6.07 Å². The van der Waals surface area contributed by atoms with Gasteiger partial charge in [-0.3, -0.25) is 0 Å². The molecule has 0 aliphatic carbocycles. The number of hydrogen-bond donors (Lipinski definition) is 1. The van der Waals surface area contributed by atoms with Gasteiger partial charge in [-0.15, -0.1) is 0 Å². The summed E-state index contributed by atoms with van der Waals surface area (Å²) in [6, 6.07) is 1.92. The predicted octanol–water partition coefficient (Wildman–Crippen LogP) is -1.45. The van der Waals surface area contributed by atoms with E-state index in [-0.39, 0.29) is 29.7 Å². The van der Waals surface area contributed by atoms with Crippen molar-refractivity contribution < 1.29 is 43.0 Å². The van der Waals surface area contributed by atoms with Crippen molar-refractivity contribution >= 4 is 0 Å². The standard InChI is InChI=1S/C13H19NO3.HI/c1-14(2,3)8-9-7-11(16-4)12(15)13-10(9)5-6-17-13;/h7H,5-6,8H2,1-4H3;1H. The van der Waals surface area contributed by atoms with Crippen molar-refractivity contribution in [3.8, 4) is 17.2 Å². The highest BCUT2D eigenvalue weighted by Gasteiger charge is 2.26. The summed E-state index contributed by atoms with van der Waals surface area (Å²) >= 11 is 0. The molecule has 0 amide bonds. The quantitative estimate of drug-likeness (QED) is 0.526. The minimum Gasteiger partial charge on any atom is -1.00 e. The highest BCUT2D eigenvalue weighted by Crippen LogP contribution is 2.44. The van der Waals surface area contributed by atoms with Gasteiger partial charge in [0.05, 0.1) is 34.9 Å². The number of rotatable bonds is 3. The first kappa shape index (κ1) is 15.4. The topological polar surface area (TPSA) is 38.7 Å². The van der Waals surface area contributed by atoms with Crippen molar-refractivity contribution in [2.24, 2.45) is 0 Å². The van der Waals surface area contributed by atoms with Gasteiger partial charge >= 0.3 is 0 Å². The van der Waals surface area contributed by atoms with E-state index < -0.39 is 0 Å². The number of phenolic OH excluding ortho intramolecular Hbond substituents is 1. The van der Waals surface area contributed by atoms with Crippen molar-refractivity contribution in [2.45, 2.75) is 13.0 Å². The molecule has 0 saturated carbocycles. The van der Waals surface area contributed by atoms with Crippen molar-refractivity contribution in [3.05, 3.63) is 17.2 Å². The molecule has 102 valence electrons. The fraction of sp³-hybridized carbons (Fsp3) is 0.538. The molecule has 0 fully saturated rings. The van der Waals surface area contributed by atoms with E-state index in [4.69, 9.17) is 9.47 Å². The Bertz CT molecular complexity index is 441. The SMILES string of the molecule is COc1cc(C[N+](C)(C)C)c2c(c1O)OCC2.[I-]. The van der Waals surface area contributed by atoms with Gasteiger partial charge in [-0.1, -0.05) is 0 Å². The van der Waals surface area contributed by atoms with Crippen LogP contribution in [0, 0.1) is 0 Å². The van der Waals surface area contributed by atoms with E-state index in [1.807, 2.05) is 6.07 Å². The first-order valence-electron chi connectivity index (χ1n) is 5.77. The van der Waals surface area contributed by atoms with Crippen LogP contribution in [0.15, 0.2) is 6.07 Å². The molecule has 0 saturated heterocycles. The van der Waals surface area contributed by atoms with Crippen molar-refractivity contribution in [3.63, 3.8) is 0 Å². The van der Waals surface area contributed by atoms with E-state index >= 15 is 0 Å². The lowest BCUT2D eigenvalue weighted by molar-refractivity contribution is -0.884. The molecule has 2 rings (SSSR count). The number of hydrogen-bond acceptors (Lipinski definition) is 3. The third-order valence-corrected chi connectivity index (χ3v) is 2.88. The second-order valence-electron chi connectivity index (χ2n) is 5.44. The van der Waals surface area contributed by atoms with Gasteiger partial charge in [0.2, 0.25) is 5.75 Å². The number of phenols is 1. The molecule has 1 heterocycles. The Morgan fingerprint density at radius 1 is 1.39 bits per heavy atom. The van der Waals surface area contributed by atoms with Gasteiger partial charge < -0.3 is 43.0 Å². The van der Waals surface area contributed by atoms with Crippen LogP contribution in [0.2, 0.25) is 0 Å².